The molecule has 1 aliphatic heterocycles. The van der Waals surface area contributed by atoms with Gasteiger partial charge in [0.15, 0.2) is 0 Å². The number of nitriles is 1. The van der Waals surface area contributed by atoms with Crippen molar-refractivity contribution in [1.82, 2.24) is 9.97 Å². The van der Waals surface area contributed by atoms with Gasteiger partial charge in [-0.25, -0.2) is 9.83 Å². The molecule has 1 aliphatic rings. The molecule has 6 heteroatoms. The van der Waals surface area contributed by atoms with Gasteiger partial charge in [0, 0.05) is 31.0 Å². The van der Waals surface area contributed by atoms with Crippen molar-refractivity contribution in [3.8, 4) is 28.3 Å². The van der Waals surface area contributed by atoms with Gasteiger partial charge in [0.1, 0.15) is 17.7 Å². The van der Waals surface area contributed by atoms with Gasteiger partial charge in [0.2, 0.25) is 5.69 Å². The number of hydrogen-bond donors (Lipinski definition) is 1. The van der Waals surface area contributed by atoms with Crippen LogP contribution in [0.2, 0.25) is 0 Å². The number of rotatable bonds is 3. The molecule has 0 aliphatic carbocycles. The summed E-state index contributed by atoms with van der Waals surface area (Å²) in [7, 11) is 0. The summed E-state index contributed by atoms with van der Waals surface area (Å²) in [6, 6.07) is 14.0. The maximum Gasteiger partial charge on any atom is 0.237 e. The number of hydrogen-bond acceptors (Lipinski definition) is 5. The quantitative estimate of drug-likeness (QED) is 0.660. The first kappa shape index (κ1) is 18.5. The molecular formula is C23H20N6. The fraction of sp³-hybridized carbons (Fsp3) is 0.217. The average molecular weight is 380 g/mol. The number of nitrogens with two attached hydrogens (primary N) is 1. The van der Waals surface area contributed by atoms with Gasteiger partial charge in [-0.05, 0) is 54.2 Å². The van der Waals surface area contributed by atoms with Crippen molar-refractivity contribution in [3.63, 3.8) is 0 Å². The third-order valence-corrected chi connectivity index (χ3v) is 5.22. The lowest BCUT2D eigenvalue weighted by Gasteiger charge is -2.29. The van der Waals surface area contributed by atoms with E-state index in [1.54, 1.807) is 12.4 Å². The van der Waals surface area contributed by atoms with E-state index in [-0.39, 0.29) is 11.5 Å². The van der Waals surface area contributed by atoms with E-state index in [2.05, 4.69) is 25.8 Å². The van der Waals surface area contributed by atoms with Crippen LogP contribution < -0.4 is 10.6 Å². The Labute approximate surface area is 170 Å². The maximum absolute atomic E-state index is 10.0. The minimum absolute atomic E-state index is 0.170. The van der Waals surface area contributed by atoms with Crippen LogP contribution in [-0.2, 0) is 0 Å². The van der Waals surface area contributed by atoms with Gasteiger partial charge in [0.05, 0.1) is 12.1 Å². The minimum atomic E-state index is 0.170. The molecule has 1 saturated heterocycles. The summed E-state index contributed by atoms with van der Waals surface area (Å²) in [6.07, 6.45) is 6.78. The van der Waals surface area contributed by atoms with Crippen molar-refractivity contribution in [2.24, 2.45) is 0 Å². The van der Waals surface area contributed by atoms with Crippen LogP contribution in [0.5, 0.6) is 0 Å². The standard InChI is InChI=1S/C23H20N6/c1-26-21-20(18-7-5-6-17(14-18)16-8-10-27-11-9-16)19(15-24)23(28-22(21)25)29-12-3-2-4-13-29/h5-11,14H,2-4,12-13H2,(H2,25,28). The summed E-state index contributed by atoms with van der Waals surface area (Å²) in [4.78, 5) is 14.3. The van der Waals surface area contributed by atoms with Gasteiger partial charge in [-0.1, -0.05) is 18.2 Å². The van der Waals surface area contributed by atoms with E-state index < -0.39 is 0 Å². The number of nitrogen functional groups attached to an aromatic ring is 1. The predicted octanol–water partition coefficient (Wildman–Crippen LogP) is 4.81. The van der Waals surface area contributed by atoms with E-state index in [4.69, 9.17) is 12.3 Å². The molecule has 2 N–H and O–H groups in total. The van der Waals surface area contributed by atoms with E-state index in [9.17, 15) is 5.26 Å². The van der Waals surface area contributed by atoms with E-state index in [1.165, 1.54) is 6.42 Å². The van der Waals surface area contributed by atoms with Crippen molar-refractivity contribution in [1.29, 1.82) is 5.26 Å². The van der Waals surface area contributed by atoms with Crippen molar-refractivity contribution in [2.75, 3.05) is 23.7 Å². The van der Waals surface area contributed by atoms with Gasteiger partial charge < -0.3 is 10.6 Å². The summed E-state index contributed by atoms with van der Waals surface area (Å²) in [6.45, 7) is 9.34. The Kier molecular flexibility index (Phi) is 5.09. The molecule has 0 amide bonds. The summed E-state index contributed by atoms with van der Waals surface area (Å²) in [5, 5.41) is 10.0. The van der Waals surface area contributed by atoms with E-state index in [0.717, 1.165) is 42.6 Å². The predicted molar refractivity (Wildman–Crippen MR) is 114 cm³/mol. The molecule has 0 radical (unpaired) electrons. The van der Waals surface area contributed by atoms with Gasteiger partial charge >= 0.3 is 0 Å². The minimum Gasteiger partial charge on any atom is -0.392 e. The Morgan fingerprint density at radius 2 is 1.76 bits per heavy atom. The van der Waals surface area contributed by atoms with Gasteiger partial charge in [0.25, 0.3) is 0 Å². The van der Waals surface area contributed by atoms with E-state index >= 15 is 0 Å². The third kappa shape index (κ3) is 3.49. The molecule has 3 heterocycles. The summed E-state index contributed by atoms with van der Waals surface area (Å²) < 4.78 is 0. The fourth-order valence-corrected chi connectivity index (χ4v) is 3.81. The molecule has 0 unspecified atom stereocenters. The van der Waals surface area contributed by atoms with E-state index in [1.807, 2.05) is 36.4 Å². The van der Waals surface area contributed by atoms with Gasteiger partial charge in [-0.2, -0.15) is 5.26 Å². The summed E-state index contributed by atoms with van der Waals surface area (Å²) in [5.74, 6) is 0.755. The highest BCUT2D eigenvalue weighted by molar-refractivity contribution is 5.93. The highest BCUT2D eigenvalue weighted by Crippen LogP contribution is 2.42. The first-order chi connectivity index (χ1) is 14.2. The molecule has 29 heavy (non-hydrogen) atoms. The Morgan fingerprint density at radius 3 is 2.45 bits per heavy atom. The Bertz CT molecular complexity index is 1120. The zero-order valence-electron chi connectivity index (χ0n) is 16.0. The van der Waals surface area contributed by atoms with Crippen LogP contribution in [-0.4, -0.2) is 23.1 Å². The molecule has 142 valence electrons. The number of nitrogens with zero attached hydrogens (tertiary/aromatic N) is 5. The monoisotopic (exact) mass is 380 g/mol. The highest BCUT2D eigenvalue weighted by Gasteiger charge is 2.24. The zero-order chi connectivity index (χ0) is 20.2. The Balaban J connectivity index is 1.92. The van der Waals surface area contributed by atoms with Crippen LogP contribution in [0.15, 0.2) is 48.8 Å². The number of pyridine rings is 2. The largest absolute Gasteiger partial charge is 0.392 e. The maximum atomic E-state index is 10.0. The second kappa shape index (κ2) is 8.00. The van der Waals surface area contributed by atoms with Gasteiger partial charge in [-0.3, -0.25) is 4.98 Å². The van der Waals surface area contributed by atoms with Gasteiger partial charge in [-0.15, -0.1) is 0 Å². The summed E-state index contributed by atoms with van der Waals surface area (Å²) in [5.41, 5.74) is 10.2. The first-order valence-corrected chi connectivity index (χ1v) is 9.59. The molecule has 1 fully saturated rings. The molecule has 1 aromatic carbocycles. The van der Waals surface area contributed by atoms with Crippen LogP contribution in [0.3, 0.4) is 0 Å². The molecule has 3 aromatic rings. The number of anilines is 2. The Morgan fingerprint density at radius 1 is 1.03 bits per heavy atom. The van der Waals surface area contributed by atoms with Crippen LogP contribution >= 0.6 is 0 Å². The topological polar surface area (TPSA) is 83.2 Å². The number of benzene rings is 1. The van der Waals surface area contributed by atoms with E-state index in [0.29, 0.717) is 16.9 Å². The lowest BCUT2D eigenvalue weighted by Crippen LogP contribution is -2.31. The van der Waals surface area contributed by atoms with Crippen LogP contribution in [0.4, 0.5) is 17.3 Å². The second-order valence-electron chi connectivity index (χ2n) is 7.01. The van der Waals surface area contributed by atoms with Crippen molar-refractivity contribution in [3.05, 3.63) is 65.8 Å². The third-order valence-electron chi connectivity index (χ3n) is 5.22. The SMILES string of the molecule is [C-]#[N+]c1c(N)nc(N2CCCCC2)c(C#N)c1-c1cccc(-c2ccncc2)c1. The van der Waals surface area contributed by atoms with Crippen molar-refractivity contribution >= 4 is 17.3 Å². The fourth-order valence-electron chi connectivity index (χ4n) is 3.81. The molecular weight excluding hydrogens is 360 g/mol. The van der Waals surface area contributed by atoms with Crippen LogP contribution in [0.25, 0.3) is 27.1 Å². The molecule has 2 aromatic heterocycles. The number of aromatic nitrogens is 2. The molecule has 0 saturated carbocycles. The lowest BCUT2D eigenvalue weighted by molar-refractivity contribution is 0.573. The molecule has 0 spiro atoms. The highest BCUT2D eigenvalue weighted by atomic mass is 15.2. The second-order valence-corrected chi connectivity index (χ2v) is 7.01. The molecule has 6 nitrogen and oxygen atoms in total. The zero-order valence-corrected chi connectivity index (χ0v) is 16.0. The average Bonchev–Trinajstić information content (AvgIpc) is 2.79. The van der Waals surface area contributed by atoms with Crippen molar-refractivity contribution < 1.29 is 0 Å². The Hall–Kier alpha value is -3.90. The van der Waals surface area contributed by atoms with Crippen LogP contribution in [0, 0.1) is 17.9 Å². The number of piperidine rings is 1. The lowest BCUT2D eigenvalue weighted by atomic mass is 9.95. The molecule has 0 bridgehead atoms. The summed E-state index contributed by atoms with van der Waals surface area (Å²) >= 11 is 0. The van der Waals surface area contributed by atoms with Crippen molar-refractivity contribution in [2.45, 2.75) is 19.3 Å². The normalized spacial score (nSPS) is 13.5. The smallest absolute Gasteiger partial charge is 0.237 e. The molecule has 4 rings (SSSR count). The van der Waals surface area contributed by atoms with Crippen LogP contribution in [0.1, 0.15) is 24.8 Å². The molecule has 0 atom stereocenters. The first-order valence-electron chi connectivity index (χ1n) is 9.59.